The molecule has 1 aromatic heterocycles. The lowest BCUT2D eigenvalue weighted by Crippen LogP contribution is -1.93. The third-order valence-corrected chi connectivity index (χ3v) is 1.87. The zero-order valence-electron chi connectivity index (χ0n) is 7.89. The van der Waals surface area contributed by atoms with Gasteiger partial charge in [0.2, 0.25) is 0 Å². The summed E-state index contributed by atoms with van der Waals surface area (Å²) in [7, 11) is 0. The molecule has 0 aliphatic rings. The summed E-state index contributed by atoms with van der Waals surface area (Å²) >= 11 is 0. The van der Waals surface area contributed by atoms with Gasteiger partial charge < -0.3 is 10.1 Å². The third kappa shape index (κ3) is 1.85. The SMILES string of the molecule is Cc1[nH]c(CCO)nc1C(C)C. The molecular weight excluding hydrogens is 152 g/mol. The predicted octanol–water partition coefficient (Wildman–Crippen LogP) is 1.38. The lowest BCUT2D eigenvalue weighted by atomic mass is 10.1. The number of nitrogens with zero attached hydrogens (tertiary/aromatic N) is 1. The van der Waals surface area contributed by atoms with Gasteiger partial charge in [0.1, 0.15) is 5.82 Å². The average Bonchev–Trinajstić information content (AvgIpc) is 2.32. The van der Waals surface area contributed by atoms with Crippen LogP contribution < -0.4 is 0 Å². The highest BCUT2D eigenvalue weighted by molar-refractivity contribution is 5.16. The van der Waals surface area contributed by atoms with Crippen molar-refractivity contribution >= 4 is 0 Å². The Morgan fingerprint density at radius 3 is 2.58 bits per heavy atom. The third-order valence-electron chi connectivity index (χ3n) is 1.87. The van der Waals surface area contributed by atoms with Crippen LogP contribution in [0.3, 0.4) is 0 Å². The molecule has 0 unspecified atom stereocenters. The maximum absolute atomic E-state index is 8.70. The fourth-order valence-electron chi connectivity index (χ4n) is 1.32. The van der Waals surface area contributed by atoms with Gasteiger partial charge in [0, 0.05) is 12.1 Å². The molecule has 0 atom stereocenters. The normalized spacial score (nSPS) is 11.1. The van der Waals surface area contributed by atoms with E-state index in [0.29, 0.717) is 12.3 Å². The summed E-state index contributed by atoms with van der Waals surface area (Å²) in [5.74, 6) is 1.34. The Kier molecular flexibility index (Phi) is 2.87. The van der Waals surface area contributed by atoms with E-state index in [1.165, 1.54) is 0 Å². The van der Waals surface area contributed by atoms with E-state index >= 15 is 0 Å². The van der Waals surface area contributed by atoms with Crippen LogP contribution in [-0.2, 0) is 6.42 Å². The summed E-state index contributed by atoms with van der Waals surface area (Å²) in [5, 5.41) is 8.70. The smallest absolute Gasteiger partial charge is 0.108 e. The molecule has 12 heavy (non-hydrogen) atoms. The Morgan fingerprint density at radius 2 is 2.17 bits per heavy atom. The monoisotopic (exact) mass is 168 g/mol. The fourth-order valence-corrected chi connectivity index (χ4v) is 1.32. The molecule has 0 spiro atoms. The summed E-state index contributed by atoms with van der Waals surface area (Å²) in [5.41, 5.74) is 2.23. The minimum Gasteiger partial charge on any atom is -0.396 e. The molecule has 0 aliphatic heterocycles. The first-order valence-corrected chi connectivity index (χ1v) is 4.31. The van der Waals surface area contributed by atoms with Gasteiger partial charge in [-0.3, -0.25) is 0 Å². The van der Waals surface area contributed by atoms with Gasteiger partial charge in [0.05, 0.1) is 12.3 Å². The molecule has 0 amide bonds. The van der Waals surface area contributed by atoms with E-state index in [4.69, 9.17) is 5.11 Å². The first-order valence-electron chi connectivity index (χ1n) is 4.31. The minimum atomic E-state index is 0.157. The van der Waals surface area contributed by atoms with Crippen LogP contribution in [-0.4, -0.2) is 21.7 Å². The van der Waals surface area contributed by atoms with Crippen molar-refractivity contribution in [2.75, 3.05) is 6.61 Å². The first kappa shape index (κ1) is 9.26. The summed E-state index contributed by atoms with van der Waals surface area (Å²) in [6, 6.07) is 0. The molecular formula is C9H16N2O. The van der Waals surface area contributed by atoms with Crippen LogP contribution >= 0.6 is 0 Å². The van der Waals surface area contributed by atoms with Crippen molar-refractivity contribution in [3.05, 3.63) is 17.2 Å². The number of nitrogens with one attached hydrogen (secondary N) is 1. The Bertz CT molecular complexity index is 253. The molecule has 0 fully saturated rings. The number of H-pyrrole nitrogens is 1. The Morgan fingerprint density at radius 1 is 1.50 bits per heavy atom. The van der Waals surface area contributed by atoms with Crippen molar-refractivity contribution in [3.63, 3.8) is 0 Å². The van der Waals surface area contributed by atoms with Crippen LogP contribution in [0.25, 0.3) is 0 Å². The highest BCUT2D eigenvalue weighted by Gasteiger charge is 2.08. The van der Waals surface area contributed by atoms with E-state index in [0.717, 1.165) is 17.2 Å². The van der Waals surface area contributed by atoms with Crippen molar-refractivity contribution in [3.8, 4) is 0 Å². The predicted molar refractivity (Wildman–Crippen MR) is 48.2 cm³/mol. The molecule has 3 nitrogen and oxygen atoms in total. The second kappa shape index (κ2) is 3.72. The molecule has 0 radical (unpaired) electrons. The van der Waals surface area contributed by atoms with Crippen LogP contribution in [0.2, 0.25) is 0 Å². The largest absolute Gasteiger partial charge is 0.396 e. The maximum Gasteiger partial charge on any atom is 0.108 e. The fraction of sp³-hybridized carbons (Fsp3) is 0.667. The maximum atomic E-state index is 8.70. The summed E-state index contributed by atoms with van der Waals surface area (Å²) in [6.07, 6.45) is 0.619. The van der Waals surface area contributed by atoms with Gasteiger partial charge in [-0.1, -0.05) is 13.8 Å². The Labute approximate surface area is 72.8 Å². The average molecular weight is 168 g/mol. The van der Waals surface area contributed by atoms with Crippen molar-refractivity contribution < 1.29 is 5.11 Å². The summed E-state index contributed by atoms with van der Waals surface area (Å²) in [4.78, 5) is 7.54. The molecule has 0 aliphatic carbocycles. The van der Waals surface area contributed by atoms with Crippen LogP contribution in [0.4, 0.5) is 0 Å². The Balaban J connectivity index is 2.85. The number of hydrogen-bond acceptors (Lipinski definition) is 2. The quantitative estimate of drug-likeness (QED) is 0.716. The lowest BCUT2D eigenvalue weighted by Gasteiger charge is -1.99. The van der Waals surface area contributed by atoms with Gasteiger partial charge in [0.15, 0.2) is 0 Å². The molecule has 0 saturated heterocycles. The molecule has 0 aromatic carbocycles. The topological polar surface area (TPSA) is 48.9 Å². The molecule has 68 valence electrons. The van der Waals surface area contributed by atoms with E-state index in [9.17, 15) is 0 Å². The standard InChI is InChI=1S/C9H16N2O/c1-6(2)9-7(3)10-8(11-9)4-5-12/h6,12H,4-5H2,1-3H3,(H,10,11). The highest BCUT2D eigenvalue weighted by atomic mass is 16.3. The molecule has 0 bridgehead atoms. The molecule has 1 rings (SSSR count). The van der Waals surface area contributed by atoms with Gasteiger partial charge in [-0.05, 0) is 12.8 Å². The van der Waals surface area contributed by atoms with Crippen molar-refractivity contribution in [2.24, 2.45) is 0 Å². The minimum absolute atomic E-state index is 0.157. The van der Waals surface area contributed by atoms with Gasteiger partial charge in [-0.15, -0.1) is 0 Å². The Hall–Kier alpha value is -0.830. The van der Waals surface area contributed by atoms with Gasteiger partial charge in [-0.25, -0.2) is 4.98 Å². The van der Waals surface area contributed by atoms with E-state index in [1.54, 1.807) is 0 Å². The number of imidazole rings is 1. The van der Waals surface area contributed by atoms with Crippen molar-refractivity contribution in [1.82, 2.24) is 9.97 Å². The van der Waals surface area contributed by atoms with E-state index in [1.807, 2.05) is 6.92 Å². The van der Waals surface area contributed by atoms with E-state index in [2.05, 4.69) is 23.8 Å². The van der Waals surface area contributed by atoms with Gasteiger partial charge in [-0.2, -0.15) is 0 Å². The van der Waals surface area contributed by atoms with Crippen LogP contribution in [0.5, 0.6) is 0 Å². The van der Waals surface area contributed by atoms with Crippen molar-refractivity contribution in [1.29, 1.82) is 0 Å². The van der Waals surface area contributed by atoms with Crippen LogP contribution in [0.15, 0.2) is 0 Å². The summed E-state index contributed by atoms with van der Waals surface area (Å²) in [6.45, 7) is 6.41. The first-order chi connectivity index (χ1) is 5.65. The number of rotatable bonds is 3. The molecule has 2 N–H and O–H groups in total. The van der Waals surface area contributed by atoms with Gasteiger partial charge in [0.25, 0.3) is 0 Å². The van der Waals surface area contributed by atoms with Crippen LogP contribution in [0, 0.1) is 6.92 Å². The zero-order chi connectivity index (χ0) is 9.14. The van der Waals surface area contributed by atoms with Crippen LogP contribution in [0.1, 0.15) is 37.0 Å². The number of aliphatic hydroxyl groups is 1. The molecule has 0 saturated carbocycles. The van der Waals surface area contributed by atoms with Gasteiger partial charge >= 0.3 is 0 Å². The number of aromatic amines is 1. The second-order valence-electron chi connectivity index (χ2n) is 3.32. The molecule has 3 heteroatoms. The number of aliphatic hydroxyl groups excluding tert-OH is 1. The second-order valence-corrected chi connectivity index (χ2v) is 3.32. The number of aryl methyl sites for hydroxylation is 1. The summed E-state index contributed by atoms with van der Waals surface area (Å²) < 4.78 is 0. The number of hydrogen-bond donors (Lipinski definition) is 2. The molecule has 1 heterocycles. The number of aromatic nitrogens is 2. The van der Waals surface area contributed by atoms with E-state index in [-0.39, 0.29) is 6.61 Å². The molecule has 1 aromatic rings. The van der Waals surface area contributed by atoms with Crippen molar-refractivity contribution in [2.45, 2.75) is 33.1 Å². The zero-order valence-corrected chi connectivity index (χ0v) is 7.89. The lowest BCUT2D eigenvalue weighted by molar-refractivity contribution is 0.297. The van der Waals surface area contributed by atoms with E-state index < -0.39 is 0 Å². The highest BCUT2D eigenvalue weighted by Crippen LogP contribution is 2.15.